The summed E-state index contributed by atoms with van der Waals surface area (Å²) < 4.78 is 0. The van der Waals surface area contributed by atoms with Gasteiger partial charge in [0, 0.05) is 6.54 Å². The number of hydrogen-bond acceptors (Lipinski definition) is 3. The second-order valence-corrected chi connectivity index (χ2v) is 6.18. The lowest BCUT2D eigenvalue weighted by Gasteiger charge is -2.27. The van der Waals surface area contributed by atoms with E-state index in [1.165, 1.54) is 0 Å². The number of rotatable bonds is 11. The van der Waals surface area contributed by atoms with Gasteiger partial charge in [-0.3, -0.25) is 4.79 Å². The second-order valence-electron chi connectivity index (χ2n) is 6.18. The lowest BCUT2D eigenvalue weighted by Crippen LogP contribution is -2.49. The largest absolute Gasteiger partial charge is 0.480 e. The summed E-state index contributed by atoms with van der Waals surface area (Å²) in [6.45, 7) is 11.2. The first-order valence-corrected chi connectivity index (χ1v) is 7.48. The zero-order valence-electron chi connectivity index (χ0n) is 13.3. The van der Waals surface area contributed by atoms with Gasteiger partial charge in [0.05, 0.1) is 0 Å². The molecule has 1 atom stereocenters. The fourth-order valence-corrected chi connectivity index (χ4v) is 2.25. The summed E-state index contributed by atoms with van der Waals surface area (Å²) in [5, 5.41) is 12.5. The molecule has 1 unspecified atom stereocenters. The Balaban J connectivity index is 3.97. The van der Waals surface area contributed by atoms with Gasteiger partial charge in [-0.1, -0.05) is 20.8 Å². The third-order valence-electron chi connectivity index (χ3n) is 3.38. The highest BCUT2D eigenvalue weighted by molar-refractivity contribution is 5.78. The summed E-state index contributed by atoms with van der Waals surface area (Å²) in [7, 11) is 2.13. The molecule has 4 heteroatoms. The third kappa shape index (κ3) is 8.22. The maximum atomic E-state index is 11.3. The predicted molar refractivity (Wildman–Crippen MR) is 80.5 cm³/mol. The van der Waals surface area contributed by atoms with Crippen LogP contribution in [0.3, 0.4) is 0 Å². The van der Waals surface area contributed by atoms with Crippen molar-refractivity contribution in [2.24, 2.45) is 5.92 Å². The summed E-state index contributed by atoms with van der Waals surface area (Å²) in [6, 6.07) is 0. The molecule has 0 bridgehead atoms. The summed E-state index contributed by atoms with van der Waals surface area (Å²) in [4.78, 5) is 13.6. The molecule has 0 spiro atoms. The Morgan fingerprint density at radius 3 is 2.47 bits per heavy atom. The zero-order valence-corrected chi connectivity index (χ0v) is 13.3. The highest BCUT2D eigenvalue weighted by atomic mass is 16.4. The average molecular weight is 272 g/mol. The summed E-state index contributed by atoms with van der Waals surface area (Å²) >= 11 is 0. The molecule has 2 N–H and O–H groups in total. The van der Waals surface area contributed by atoms with E-state index in [0.717, 1.165) is 38.9 Å². The van der Waals surface area contributed by atoms with Crippen molar-refractivity contribution in [3.63, 3.8) is 0 Å². The minimum Gasteiger partial charge on any atom is -0.480 e. The maximum absolute atomic E-state index is 11.3. The molecule has 0 aliphatic rings. The smallest absolute Gasteiger partial charge is 0.323 e. The number of hydrogen-bond donors (Lipinski definition) is 2. The first kappa shape index (κ1) is 18.4. The van der Waals surface area contributed by atoms with Crippen LogP contribution in [-0.2, 0) is 4.79 Å². The summed E-state index contributed by atoms with van der Waals surface area (Å²) in [6.07, 6.45) is 3.65. The molecule has 4 nitrogen and oxygen atoms in total. The first-order chi connectivity index (χ1) is 8.81. The molecule has 114 valence electrons. The Labute approximate surface area is 118 Å². The van der Waals surface area contributed by atoms with Gasteiger partial charge in [0.15, 0.2) is 0 Å². The molecule has 0 aromatic carbocycles. The van der Waals surface area contributed by atoms with Crippen LogP contribution in [0, 0.1) is 5.92 Å². The van der Waals surface area contributed by atoms with E-state index in [1.807, 2.05) is 0 Å². The van der Waals surface area contributed by atoms with Crippen molar-refractivity contribution in [2.45, 2.75) is 58.9 Å². The molecule has 19 heavy (non-hydrogen) atoms. The van der Waals surface area contributed by atoms with E-state index in [9.17, 15) is 9.90 Å². The number of aliphatic carboxylic acids is 1. The number of unbranched alkanes of at least 4 members (excludes halogenated alkanes) is 1. The number of nitrogens with zero attached hydrogens (tertiary/aromatic N) is 1. The Kier molecular flexibility index (Phi) is 9.02. The molecule has 0 aromatic heterocycles. The van der Waals surface area contributed by atoms with Crippen molar-refractivity contribution in [1.82, 2.24) is 10.2 Å². The molecule has 0 aromatic rings. The van der Waals surface area contributed by atoms with Gasteiger partial charge in [-0.05, 0) is 58.7 Å². The lowest BCUT2D eigenvalue weighted by molar-refractivity contribution is -0.144. The highest BCUT2D eigenvalue weighted by Gasteiger charge is 2.31. The molecule has 0 aliphatic carbocycles. The SMILES string of the molecule is CCCNC(C)(CCCCN(C)CC(C)C)C(=O)O. The Morgan fingerprint density at radius 2 is 2.00 bits per heavy atom. The van der Waals surface area contributed by atoms with Crippen molar-refractivity contribution >= 4 is 5.97 Å². The fraction of sp³-hybridized carbons (Fsp3) is 0.933. The van der Waals surface area contributed by atoms with Crippen LogP contribution >= 0.6 is 0 Å². The zero-order chi connectivity index (χ0) is 14.9. The number of carboxylic acids is 1. The van der Waals surface area contributed by atoms with Gasteiger partial charge in [-0.15, -0.1) is 0 Å². The molecule has 0 saturated carbocycles. The lowest BCUT2D eigenvalue weighted by atomic mass is 9.94. The monoisotopic (exact) mass is 272 g/mol. The maximum Gasteiger partial charge on any atom is 0.323 e. The molecule has 0 saturated heterocycles. The van der Waals surface area contributed by atoms with E-state index >= 15 is 0 Å². The van der Waals surface area contributed by atoms with Crippen LogP contribution in [0.2, 0.25) is 0 Å². The second kappa shape index (κ2) is 9.32. The molecule has 0 amide bonds. The van der Waals surface area contributed by atoms with Gasteiger partial charge < -0.3 is 15.3 Å². The molecule has 0 fully saturated rings. The van der Waals surface area contributed by atoms with Gasteiger partial charge in [-0.25, -0.2) is 0 Å². The molecular weight excluding hydrogens is 240 g/mol. The Hall–Kier alpha value is -0.610. The van der Waals surface area contributed by atoms with Gasteiger partial charge in [0.25, 0.3) is 0 Å². The molecule has 0 rings (SSSR count). The van der Waals surface area contributed by atoms with Crippen molar-refractivity contribution in [3.8, 4) is 0 Å². The topological polar surface area (TPSA) is 52.6 Å². The minimum absolute atomic E-state index is 0.681. The van der Waals surface area contributed by atoms with Crippen LogP contribution in [0.25, 0.3) is 0 Å². The van der Waals surface area contributed by atoms with Crippen LogP contribution in [0.5, 0.6) is 0 Å². The van der Waals surface area contributed by atoms with Crippen LogP contribution in [0.15, 0.2) is 0 Å². The molecule has 0 aliphatic heterocycles. The van der Waals surface area contributed by atoms with E-state index in [4.69, 9.17) is 0 Å². The van der Waals surface area contributed by atoms with Crippen molar-refractivity contribution < 1.29 is 9.90 Å². The Bertz CT molecular complexity index is 257. The third-order valence-corrected chi connectivity index (χ3v) is 3.38. The summed E-state index contributed by atoms with van der Waals surface area (Å²) in [5.41, 5.74) is -0.771. The van der Waals surface area contributed by atoms with Crippen molar-refractivity contribution in [1.29, 1.82) is 0 Å². The normalized spacial score (nSPS) is 14.9. The van der Waals surface area contributed by atoms with Gasteiger partial charge in [-0.2, -0.15) is 0 Å². The standard InChI is InChI=1S/C15H32N2O2/c1-6-10-16-15(4,14(18)19)9-7-8-11-17(5)12-13(2)3/h13,16H,6-12H2,1-5H3,(H,18,19). The quantitative estimate of drug-likeness (QED) is 0.568. The fourth-order valence-electron chi connectivity index (χ4n) is 2.25. The van der Waals surface area contributed by atoms with Crippen LogP contribution in [-0.4, -0.2) is 48.2 Å². The van der Waals surface area contributed by atoms with Crippen LogP contribution in [0.4, 0.5) is 0 Å². The van der Waals surface area contributed by atoms with E-state index in [0.29, 0.717) is 12.3 Å². The van der Waals surface area contributed by atoms with E-state index in [-0.39, 0.29) is 0 Å². The first-order valence-electron chi connectivity index (χ1n) is 7.48. The van der Waals surface area contributed by atoms with Gasteiger partial charge in [0.2, 0.25) is 0 Å². The molecule has 0 heterocycles. The van der Waals surface area contributed by atoms with E-state index in [1.54, 1.807) is 6.92 Å². The van der Waals surface area contributed by atoms with Crippen LogP contribution < -0.4 is 5.32 Å². The number of carboxylic acid groups (broad SMARTS) is 1. The molecular formula is C15H32N2O2. The van der Waals surface area contributed by atoms with Crippen molar-refractivity contribution in [3.05, 3.63) is 0 Å². The summed E-state index contributed by atoms with van der Waals surface area (Å²) in [5.74, 6) is -0.0583. The van der Waals surface area contributed by atoms with Crippen molar-refractivity contribution in [2.75, 3.05) is 26.7 Å². The van der Waals surface area contributed by atoms with Gasteiger partial charge in [0.1, 0.15) is 5.54 Å². The molecule has 0 radical (unpaired) electrons. The Morgan fingerprint density at radius 1 is 1.37 bits per heavy atom. The van der Waals surface area contributed by atoms with Gasteiger partial charge >= 0.3 is 5.97 Å². The predicted octanol–water partition coefficient (Wildman–Crippen LogP) is 2.59. The minimum atomic E-state index is -0.771. The number of carbonyl (C=O) groups is 1. The van der Waals surface area contributed by atoms with Crippen LogP contribution in [0.1, 0.15) is 53.4 Å². The van der Waals surface area contributed by atoms with E-state index in [2.05, 4.69) is 38.0 Å². The average Bonchev–Trinajstić information content (AvgIpc) is 2.31. The highest BCUT2D eigenvalue weighted by Crippen LogP contribution is 2.15. The van der Waals surface area contributed by atoms with E-state index < -0.39 is 11.5 Å². The number of nitrogens with one attached hydrogen (secondary N) is 1.